The van der Waals surface area contributed by atoms with Gasteiger partial charge in [-0.3, -0.25) is 4.79 Å². The van der Waals surface area contributed by atoms with Crippen LogP contribution in [0.5, 0.6) is 0 Å². The number of rotatable bonds is 4. The fourth-order valence-electron chi connectivity index (χ4n) is 2.84. The van der Waals surface area contributed by atoms with Crippen LogP contribution in [0.15, 0.2) is 0 Å². The molecule has 144 valence electrons. The molecule has 2 aliphatic heterocycles. The Hall–Kier alpha value is -1.18. The Kier molecular flexibility index (Phi) is 6.12. The van der Waals surface area contributed by atoms with Gasteiger partial charge in [0, 0.05) is 0 Å². The third-order valence-corrected chi connectivity index (χ3v) is 4.33. The fourth-order valence-corrected chi connectivity index (χ4v) is 2.84. The Morgan fingerprint density at radius 2 is 1.44 bits per heavy atom. The van der Waals surface area contributed by atoms with Crippen molar-refractivity contribution in [3.8, 4) is 0 Å². The first-order valence-electron chi connectivity index (χ1n) is 7.66. The summed E-state index contributed by atoms with van der Waals surface area (Å²) in [5.74, 6) is -2.15. The molecule has 0 amide bonds. The molecule has 11 nitrogen and oxygen atoms in total. The van der Waals surface area contributed by atoms with Gasteiger partial charge in [0.15, 0.2) is 18.2 Å². The molecule has 2 rings (SSSR count). The quantitative estimate of drug-likeness (QED) is 0.288. The number of Topliss-reactive ketones (excluding diaryl/α,β-unsaturated/α-hetero) is 1. The van der Waals surface area contributed by atoms with Crippen LogP contribution in [0.3, 0.4) is 0 Å². The van der Waals surface area contributed by atoms with Crippen LogP contribution >= 0.6 is 0 Å². The summed E-state index contributed by atoms with van der Waals surface area (Å²) in [4.78, 5) is 22.8. The smallest absolute Gasteiger partial charge is 0.335 e. The van der Waals surface area contributed by atoms with Crippen LogP contribution < -0.4 is 0 Å². The van der Waals surface area contributed by atoms with Gasteiger partial charge >= 0.3 is 5.97 Å². The van der Waals surface area contributed by atoms with Crippen LogP contribution in [0.4, 0.5) is 0 Å². The number of ether oxygens (including phenoxy) is 3. The van der Waals surface area contributed by atoms with Crippen molar-refractivity contribution >= 4 is 11.8 Å². The third kappa shape index (κ3) is 3.83. The molecule has 0 aromatic rings. The minimum Gasteiger partial charge on any atom is -0.479 e. The summed E-state index contributed by atoms with van der Waals surface area (Å²) in [6.45, 7) is 2.44. The molecule has 2 heterocycles. The fraction of sp³-hybridized carbons (Fsp3) is 0.857. The van der Waals surface area contributed by atoms with E-state index in [1.165, 1.54) is 6.92 Å². The number of aliphatic carboxylic acids is 1. The van der Waals surface area contributed by atoms with E-state index in [4.69, 9.17) is 14.2 Å². The van der Waals surface area contributed by atoms with Gasteiger partial charge in [-0.1, -0.05) is 0 Å². The average Bonchev–Trinajstić information content (AvgIpc) is 2.54. The summed E-state index contributed by atoms with van der Waals surface area (Å²) in [5.41, 5.74) is 0. The van der Waals surface area contributed by atoms with Gasteiger partial charge in [-0.2, -0.15) is 0 Å². The van der Waals surface area contributed by atoms with Crippen molar-refractivity contribution in [2.75, 3.05) is 0 Å². The molecule has 0 spiro atoms. The Balaban J connectivity index is 2.22. The number of hydrogen-bond acceptors (Lipinski definition) is 10. The number of aliphatic hydroxyl groups excluding tert-OH is 5. The highest BCUT2D eigenvalue weighted by molar-refractivity contribution is 5.81. The van der Waals surface area contributed by atoms with E-state index in [1.54, 1.807) is 0 Å². The molecule has 2 aliphatic rings. The minimum atomic E-state index is -1.83. The molecule has 2 saturated heterocycles. The molecule has 0 bridgehead atoms. The molecule has 0 radical (unpaired) electrons. The van der Waals surface area contributed by atoms with Gasteiger partial charge < -0.3 is 44.8 Å². The first-order chi connectivity index (χ1) is 11.6. The standard InChI is InChI=1S/C14H22O11/c1-3(15)10-8(19)6(17)9(20)14(24-10)25-11-7(18)5(16)4(2)23-12(11)13(21)22/h4-12,14,16-20H,1-2H3,(H,21,22)/t4-,5?,6-,7+,8-,9?,10?,11-,12?,14+/m0/s1. The number of carbonyl (C=O) groups excluding carboxylic acids is 1. The maximum Gasteiger partial charge on any atom is 0.335 e. The highest BCUT2D eigenvalue weighted by Crippen LogP contribution is 2.29. The van der Waals surface area contributed by atoms with Gasteiger partial charge in [0.1, 0.15) is 42.7 Å². The van der Waals surface area contributed by atoms with Crippen molar-refractivity contribution < 1.29 is 54.4 Å². The lowest BCUT2D eigenvalue weighted by atomic mass is 9.94. The van der Waals surface area contributed by atoms with Crippen molar-refractivity contribution in [1.82, 2.24) is 0 Å². The number of aliphatic hydroxyl groups is 5. The Morgan fingerprint density at radius 3 is 1.96 bits per heavy atom. The van der Waals surface area contributed by atoms with Crippen molar-refractivity contribution in [1.29, 1.82) is 0 Å². The molecule has 4 unspecified atom stereocenters. The van der Waals surface area contributed by atoms with Crippen molar-refractivity contribution in [3.63, 3.8) is 0 Å². The summed E-state index contributed by atoms with van der Waals surface area (Å²) >= 11 is 0. The van der Waals surface area contributed by atoms with E-state index >= 15 is 0 Å². The molecule has 0 aromatic carbocycles. The van der Waals surface area contributed by atoms with E-state index in [-0.39, 0.29) is 0 Å². The molecule has 0 saturated carbocycles. The molecule has 10 atom stereocenters. The van der Waals surface area contributed by atoms with Crippen molar-refractivity contribution in [2.45, 2.75) is 75.1 Å². The zero-order valence-corrected chi connectivity index (χ0v) is 13.5. The zero-order chi connectivity index (χ0) is 19.0. The number of carbonyl (C=O) groups is 2. The molecule has 0 aliphatic carbocycles. The summed E-state index contributed by atoms with van der Waals surface area (Å²) in [7, 11) is 0. The van der Waals surface area contributed by atoms with Gasteiger partial charge in [-0.15, -0.1) is 0 Å². The second kappa shape index (κ2) is 7.60. The van der Waals surface area contributed by atoms with Gasteiger partial charge in [0.05, 0.1) is 6.10 Å². The van der Waals surface area contributed by atoms with E-state index in [0.29, 0.717) is 0 Å². The van der Waals surface area contributed by atoms with E-state index in [9.17, 15) is 40.2 Å². The molecule has 6 N–H and O–H groups in total. The van der Waals surface area contributed by atoms with Crippen molar-refractivity contribution in [2.24, 2.45) is 0 Å². The van der Waals surface area contributed by atoms with Gasteiger partial charge in [0.2, 0.25) is 0 Å². The molecular weight excluding hydrogens is 344 g/mol. The lowest BCUT2D eigenvalue weighted by Gasteiger charge is -2.44. The normalized spacial score (nSPS) is 48.1. The second-order valence-electron chi connectivity index (χ2n) is 6.19. The topological polar surface area (TPSA) is 183 Å². The van der Waals surface area contributed by atoms with Crippen LogP contribution in [-0.4, -0.2) is 104 Å². The molecule has 2 fully saturated rings. The van der Waals surface area contributed by atoms with Crippen molar-refractivity contribution in [3.05, 3.63) is 0 Å². The van der Waals surface area contributed by atoms with Gasteiger partial charge in [-0.05, 0) is 13.8 Å². The third-order valence-electron chi connectivity index (χ3n) is 4.33. The van der Waals surface area contributed by atoms with Gasteiger partial charge in [0.25, 0.3) is 0 Å². The zero-order valence-electron chi connectivity index (χ0n) is 13.5. The van der Waals surface area contributed by atoms with Crippen LogP contribution in [0.1, 0.15) is 13.8 Å². The van der Waals surface area contributed by atoms with Crippen LogP contribution in [0.25, 0.3) is 0 Å². The molecule has 11 heteroatoms. The van der Waals surface area contributed by atoms with Crippen LogP contribution in [0, 0.1) is 0 Å². The van der Waals surface area contributed by atoms with Crippen LogP contribution in [0.2, 0.25) is 0 Å². The summed E-state index contributed by atoms with van der Waals surface area (Å²) in [5, 5.41) is 58.7. The summed E-state index contributed by atoms with van der Waals surface area (Å²) < 4.78 is 15.4. The first-order valence-corrected chi connectivity index (χ1v) is 7.66. The predicted molar refractivity (Wildman–Crippen MR) is 76.2 cm³/mol. The van der Waals surface area contributed by atoms with E-state index in [2.05, 4.69) is 0 Å². The van der Waals surface area contributed by atoms with E-state index in [1.807, 2.05) is 0 Å². The van der Waals surface area contributed by atoms with Gasteiger partial charge in [-0.25, -0.2) is 4.79 Å². The maximum absolute atomic E-state index is 11.5. The maximum atomic E-state index is 11.5. The molecule has 25 heavy (non-hydrogen) atoms. The summed E-state index contributed by atoms with van der Waals surface area (Å²) in [6.07, 6.45) is -16.1. The Labute approximate surface area is 142 Å². The number of ketones is 1. The largest absolute Gasteiger partial charge is 0.479 e. The molecule has 0 aromatic heterocycles. The second-order valence-corrected chi connectivity index (χ2v) is 6.19. The monoisotopic (exact) mass is 366 g/mol. The number of carboxylic acids is 1. The number of hydrogen-bond donors (Lipinski definition) is 6. The van der Waals surface area contributed by atoms with Crippen LogP contribution in [-0.2, 0) is 23.8 Å². The highest BCUT2D eigenvalue weighted by Gasteiger charge is 2.52. The number of carboxylic acid groups (broad SMARTS) is 1. The Morgan fingerprint density at radius 1 is 0.840 bits per heavy atom. The lowest BCUT2D eigenvalue weighted by molar-refractivity contribution is -0.330. The van der Waals surface area contributed by atoms with E-state index in [0.717, 1.165) is 6.92 Å². The Bertz CT molecular complexity index is 511. The first kappa shape index (κ1) is 20.1. The molecular formula is C14H22O11. The SMILES string of the molecule is CC(=O)C1O[C@H](O[C@@H]2C(C(=O)O)O[C@@H](C)C(O)[C@H]2O)C(O)[C@@H](O)[C@@H]1O. The highest BCUT2D eigenvalue weighted by atomic mass is 16.7. The lowest BCUT2D eigenvalue weighted by Crippen LogP contribution is -2.65. The summed E-state index contributed by atoms with van der Waals surface area (Å²) in [6, 6.07) is 0. The minimum absolute atomic E-state index is 0.657. The van der Waals surface area contributed by atoms with E-state index < -0.39 is 73.0 Å². The predicted octanol–water partition coefficient (Wildman–Crippen LogP) is -3.64. The average molecular weight is 366 g/mol.